The maximum Gasteiger partial charge on any atom is 0.402 e. The third-order valence-electron chi connectivity index (χ3n) is 2.58. The topological polar surface area (TPSA) is 57.6 Å². The summed E-state index contributed by atoms with van der Waals surface area (Å²) in [6, 6.07) is 1.75. The molecule has 0 unspecified atom stereocenters. The van der Waals surface area contributed by atoms with Crippen molar-refractivity contribution in [1.82, 2.24) is 4.31 Å². The van der Waals surface area contributed by atoms with E-state index in [1.807, 2.05) is 0 Å². The molecule has 0 bridgehead atoms. The summed E-state index contributed by atoms with van der Waals surface area (Å²) >= 11 is 0. The van der Waals surface area contributed by atoms with Crippen molar-refractivity contribution >= 4 is 10.0 Å². The lowest BCUT2D eigenvalue weighted by molar-refractivity contribution is -0.134. The van der Waals surface area contributed by atoms with Crippen LogP contribution in [0.4, 0.5) is 17.6 Å². The number of aryl methyl sites for hydroxylation is 1. The Balaban J connectivity index is 3.26. The van der Waals surface area contributed by atoms with E-state index in [0.717, 1.165) is 19.2 Å². The fourth-order valence-electron chi connectivity index (χ4n) is 1.59. The smallest absolute Gasteiger partial charge is 0.392 e. The molecule has 0 atom stereocenters. The molecule has 1 N–H and O–H groups in total. The molecule has 0 aliphatic carbocycles. The van der Waals surface area contributed by atoms with E-state index >= 15 is 0 Å². The number of hydrogen-bond donors (Lipinski definition) is 1. The first-order valence-electron chi connectivity index (χ1n) is 5.42. The highest BCUT2D eigenvalue weighted by molar-refractivity contribution is 7.89. The molecule has 114 valence electrons. The summed E-state index contributed by atoms with van der Waals surface area (Å²) in [5, 5.41) is 8.93. The largest absolute Gasteiger partial charge is 0.402 e. The summed E-state index contributed by atoms with van der Waals surface area (Å²) in [6.07, 6.45) is -4.68. The molecule has 1 aromatic carbocycles. The van der Waals surface area contributed by atoms with Gasteiger partial charge in [-0.1, -0.05) is 0 Å². The van der Waals surface area contributed by atoms with Crippen LogP contribution in [0.5, 0.6) is 0 Å². The van der Waals surface area contributed by atoms with Gasteiger partial charge in [-0.3, -0.25) is 0 Å². The molecule has 20 heavy (non-hydrogen) atoms. The Labute approximate surface area is 113 Å². The summed E-state index contributed by atoms with van der Waals surface area (Å²) in [6.45, 7) is -1.14. The van der Waals surface area contributed by atoms with Crippen LogP contribution in [0.3, 0.4) is 0 Å². The van der Waals surface area contributed by atoms with Gasteiger partial charge in [0, 0.05) is 12.6 Å². The zero-order chi connectivity index (χ0) is 15.7. The van der Waals surface area contributed by atoms with E-state index in [2.05, 4.69) is 0 Å². The Morgan fingerprint density at radius 2 is 1.85 bits per heavy atom. The highest BCUT2D eigenvalue weighted by Gasteiger charge is 2.35. The fraction of sp³-hybridized carbons (Fsp3) is 0.455. The van der Waals surface area contributed by atoms with Crippen LogP contribution in [0.25, 0.3) is 0 Å². The number of rotatable bonds is 4. The second kappa shape index (κ2) is 5.66. The van der Waals surface area contributed by atoms with E-state index in [0.29, 0.717) is 0 Å². The number of aliphatic hydroxyl groups is 1. The molecule has 9 heteroatoms. The maximum atomic E-state index is 13.5. The standard InChI is InChI=1S/C11H13F4NO3S/c1-7-3-9(4-8(5-17)10(7)12)20(18,19)16(2)6-11(13,14)15/h3-4,17H,5-6H2,1-2H3. The number of nitrogens with zero attached hydrogens (tertiary/aromatic N) is 1. The molecule has 1 rings (SSSR count). The highest BCUT2D eigenvalue weighted by atomic mass is 32.2. The van der Waals surface area contributed by atoms with Crippen molar-refractivity contribution in [1.29, 1.82) is 0 Å². The summed E-state index contributed by atoms with van der Waals surface area (Å²) in [7, 11) is -3.63. The molecule has 0 fully saturated rings. The Morgan fingerprint density at radius 3 is 2.30 bits per heavy atom. The Kier molecular flexibility index (Phi) is 4.78. The Morgan fingerprint density at radius 1 is 1.30 bits per heavy atom. The predicted molar refractivity (Wildman–Crippen MR) is 62.9 cm³/mol. The minimum absolute atomic E-state index is 0.0736. The quantitative estimate of drug-likeness (QED) is 0.862. The van der Waals surface area contributed by atoms with Crippen molar-refractivity contribution in [2.24, 2.45) is 0 Å². The number of aliphatic hydroxyl groups excluding tert-OH is 1. The van der Waals surface area contributed by atoms with Crippen LogP contribution in [-0.4, -0.2) is 37.6 Å². The molecule has 0 radical (unpaired) electrons. The van der Waals surface area contributed by atoms with Crippen LogP contribution in [0.2, 0.25) is 0 Å². The fourth-order valence-corrected chi connectivity index (χ4v) is 2.88. The Bertz CT molecular complexity index is 598. The molecule has 0 amide bonds. The minimum Gasteiger partial charge on any atom is -0.392 e. The molecule has 0 saturated heterocycles. The maximum absolute atomic E-state index is 13.5. The van der Waals surface area contributed by atoms with Crippen molar-refractivity contribution in [3.8, 4) is 0 Å². The van der Waals surface area contributed by atoms with Gasteiger partial charge in [0.05, 0.1) is 11.5 Å². The van der Waals surface area contributed by atoms with Crippen LogP contribution < -0.4 is 0 Å². The summed E-state index contributed by atoms with van der Waals surface area (Å²) in [5.74, 6) is -0.787. The SMILES string of the molecule is Cc1cc(S(=O)(=O)N(C)CC(F)(F)F)cc(CO)c1F. The van der Waals surface area contributed by atoms with Gasteiger partial charge in [0.1, 0.15) is 12.4 Å². The van der Waals surface area contributed by atoms with Crippen molar-refractivity contribution in [2.45, 2.75) is 24.6 Å². The van der Waals surface area contributed by atoms with E-state index in [-0.39, 0.29) is 15.4 Å². The highest BCUT2D eigenvalue weighted by Crippen LogP contribution is 2.24. The van der Waals surface area contributed by atoms with Crippen LogP contribution >= 0.6 is 0 Å². The lowest BCUT2D eigenvalue weighted by Gasteiger charge is -2.19. The second-order valence-corrected chi connectivity index (χ2v) is 6.29. The molecular formula is C11H13F4NO3S. The van der Waals surface area contributed by atoms with Crippen LogP contribution in [-0.2, 0) is 16.6 Å². The number of hydrogen-bond acceptors (Lipinski definition) is 3. The van der Waals surface area contributed by atoms with Gasteiger partial charge in [0.25, 0.3) is 0 Å². The molecule has 0 heterocycles. The summed E-state index contributed by atoms with van der Waals surface area (Å²) < 4.78 is 74.3. The van der Waals surface area contributed by atoms with Gasteiger partial charge in [0.2, 0.25) is 10.0 Å². The molecule has 0 aromatic heterocycles. The van der Waals surface area contributed by atoms with Crippen molar-refractivity contribution in [3.05, 3.63) is 29.1 Å². The monoisotopic (exact) mass is 315 g/mol. The average molecular weight is 315 g/mol. The van der Waals surface area contributed by atoms with Gasteiger partial charge in [-0.2, -0.15) is 17.5 Å². The second-order valence-electron chi connectivity index (χ2n) is 4.25. The lowest BCUT2D eigenvalue weighted by Crippen LogP contribution is -2.35. The molecule has 4 nitrogen and oxygen atoms in total. The molecule has 1 aromatic rings. The predicted octanol–water partition coefficient (Wildman–Crippen LogP) is 1.81. The van der Waals surface area contributed by atoms with E-state index in [9.17, 15) is 26.0 Å². The van der Waals surface area contributed by atoms with Crippen molar-refractivity contribution < 1.29 is 31.1 Å². The average Bonchev–Trinajstić information content (AvgIpc) is 2.30. The van der Waals surface area contributed by atoms with Gasteiger partial charge in [0.15, 0.2) is 0 Å². The number of halogens is 4. The van der Waals surface area contributed by atoms with E-state index in [4.69, 9.17) is 5.11 Å². The van der Waals surface area contributed by atoms with E-state index in [1.165, 1.54) is 6.92 Å². The first-order chi connectivity index (χ1) is 8.99. The number of benzene rings is 1. The van der Waals surface area contributed by atoms with Gasteiger partial charge >= 0.3 is 6.18 Å². The lowest BCUT2D eigenvalue weighted by atomic mass is 10.1. The van der Waals surface area contributed by atoms with Gasteiger partial charge in [-0.15, -0.1) is 0 Å². The van der Waals surface area contributed by atoms with Crippen LogP contribution in [0, 0.1) is 12.7 Å². The van der Waals surface area contributed by atoms with Crippen molar-refractivity contribution in [2.75, 3.05) is 13.6 Å². The van der Waals surface area contributed by atoms with Crippen molar-refractivity contribution in [3.63, 3.8) is 0 Å². The molecular weight excluding hydrogens is 302 g/mol. The molecule has 0 saturated carbocycles. The minimum atomic E-state index is -4.68. The van der Waals surface area contributed by atoms with Gasteiger partial charge in [-0.05, 0) is 24.6 Å². The number of alkyl halides is 3. The van der Waals surface area contributed by atoms with Crippen LogP contribution in [0.1, 0.15) is 11.1 Å². The first kappa shape index (κ1) is 16.9. The van der Waals surface area contributed by atoms with Crippen LogP contribution in [0.15, 0.2) is 17.0 Å². The third-order valence-corrected chi connectivity index (χ3v) is 4.37. The third kappa shape index (κ3) is 3.68. The summed E-state index contributed by atoms with van der Waals surface area (Å²) in [5.41, 5.74) is -0.362. The normalized spacial score (nSPS) is 13.0. The molecule has 0 spiro atoms. The zero-order valence-electron chi connectivity index (χ0n) is 10.7. The zero-order valence-corrected chi connectivity index (χ0v) is 11.5. The van der Waals surface area contributed by atoms with E-state index in [1.54, 1.807) is 0 Å². The van der Waals surface area contributed by atoms with Gasteiger partial charge in [-0.25, -0.2) is 12.8 Å². The molecule has 0 aliphatic rings. The van der Waals surface area contributed by atoms with Gasteiger partial charge < -0.3 is 5.11 Å². The summed E-state index contributed by atoms with van der Waals surface area (Å²) in [4.78, 5) is -0.493. The molecule has 0 aliphatic heterocycles. The first-order valence-corrected chi connectivity index (χ1v) is 6.86. The van der Waals surface area contributed by atoms with E-state index < -0.39 is 40.1 Å². The Hall–Kier alpha value is -1.19. The number of sulfonamides is 1.